The van der Waals surface area contributed by atoms with Crippen molar-refractivity contribution in [2.75, 3.05) is 6.54 Å². The fraction of sp³-hybridized carbons (Fsp3) is 0.464. The Balaban J connectivity index is 1.35. The van der Waals surface area contributed by atoms with Crippen molar-refractivity contribution < 1.29 is 9.18 Å². The highest BCUT2D eigenvalue weighted by molar-refractivity contribution is 5.94. The molecule has 4 heteroatoms. The van der Waals surface area contributed by atoms with Gasteiger partial charge in [0.2, 0.25) is 0 Å². The molecule has 2 N–H and O–H groups in total. The van der Waals surface area contributed by atoms with Gasteiger partial charge in [0.1, 0.15) is 5.82 Å². The molecule has 0 heterocycles. The first-order valence-corrected chi connectivity index (χ1v) is 12.0. The summed E-state index contributed by atoms with van der Waals surface area (Å²) in [6.45, 7) is 2.93. The van der Waals surface area contributed by atoms with E-state index in [-0.39, 0.29) is 17.3 Å². The van der Waals surface area contributed by atoms with Gasteiger partial charge in [-0.15, -0.1) is 0 Å². The molecular formula is C28H33FN2O. The van der Waals surface area contributed by atoms with Crippen LogP contribution in [0.4, 0.5) is 4.39 Å². The molecule has 2 saturated carbocycles. The van der Waals surface area contributed by atoms with Crippen LogP contribution in [0.2, 0.25) is 0 Å². The van der Waals surface area contributed by atoms with Crippen LogP contribution in [0.15, 0.2) is 48.5 Å². The first-order chi connectivity index (χ1) is 15.6. The van der Waals surface area contributed by atoms with Crippen LogP contribution in [-0.2, 0) is 0 Å². The maximum atomic E-state index is 13.7. The zero-order valence-electron chi connectivity index (χ0n) is 18.9. The second-order valence-electron chi connectivity index (χ2n) is 9.37. The van der Waals surface area contributed by atoms with E-state index in [1.54, 1.807) is 30.3 Å². The third kappa shape index (κ3) is 5.78. The molecule has 2 aromatic carbocycles. The maximum absolute atomic E-state index is 13.7. The Hall–Kier alpha value is -2.64. The smallest absolute Gasteiger partial charge is 0.251 e. The molecule has 3 nitrogen and oxygen atoms in total. The molecule has 0 spiro atoms. The van der Waals surface area contributed by atoms with Crippen LogP contribution in [0, 0.1) is 23.6 Å². The van der Waals surface area contributed by atoms with Crippen molar-refractivity contribution >= 4 is 5.91 Å². The molecule has 0 bridgehead atoms. The number of rotatable bonds is 7. The van der Waals surface area contributed by atoms with Crippen molar-refractivity contribution in [2.24, 2.45) is 5.92 Å². The van der Waals surface area contributed by atoms with Crippen LogP contribution in [0.5, 0.6) is 0 Å². The highest BCUT2D eigenvalue weighted by atomic mass is 19.1. The van der Waals surface area contributed by atoms with Gasteiger partial charge in [-0.05, 0) is 68.0 Å². The van der Waals surface area contributed by atoms with E-state index >= 15 is 0 Å². The van der Waals surface area contributed by atoms with Crippen LogP contribution in [0.3, 0.4) is 0 Å². The molecule has 1 amide bonds. The van der Waals surface area contributed by atoms with Gasteiger partial charge in [0.15, 0.2) is 0 Å². The number of hydrogen-bond donors (Lipinski definition) is 2. The van der Waals surface area contributed by atoms with Crippen LogP contribution >= 0.6 is 0 Å². The van der Waals surface area contributed by atoms with Gasteiger partial charge >= 0.3 is 0 Å². The first-order valence-electron chi connectivity index (χ1n) is 12.0. The van der Waals surface area contributed by atoms with Crippen molar-refractivity contribution in [1.82, 2.24) is 10.6 Å². The van der Waals surface area contributed by atoms with Crippen molar-refractivity contribution in [3.63, 3.8) is 0 Å². The maximum Gasteiger partial charge on any atom is 0.251 e. The number of carbonyl (C=O) groups excluding carboxylic acids is 1. The molecule has 2 fully saturated rings. The minimum absolute atomic E-state index is 0.0340. The minimum Gasteiger partial charge on any atom is -0.350 e. The molecule has 2 atom stereocenters. The Labute approximate surface area is 191 Å². The lowest BCUT2D eigenvalue weighted by Gasteiger charge is -2.39. The highest BCUT2D eigenvalue weighted by Crippen LogP contribution is 2.39. The second-order valence-corrected chi connectivity index (χ2v) is 9.37. The molecule has 0 radical (unpaired) electrons. The quantitative estimate of drug-likeness (QED) is 0.572. The van der Waals surface area contributed by atoms with Crippen LogP contribution in [0.1, 0.15) is 79.8 Å². The Morgan fingerprint density at radius 1 is 1.06 bits per heavy atom. The van der Waals surface area contributed by atoms with Gasteiger partial charge in [0.25, 0.3) is 5.91 Å². The number of nitrogens with one attached hydrogen (secondary N) is 2. The Bertz CT molecular complexity index is 982. The summed E-state index contributed by atoms with van der Waals surface area (Å²) in [5.74, 6) is 6.26. The fourth-order valence-corrected chi connectivity index (χ4v) is 4.87. The summed E-state index contributed by atoms with van der Waals surface area (Å²) in [6.07, 6.45) is 9.82. The molecule has 2 aliphatic carbocycles. The monoisotopic (exact) mass is 432 g/mol. The molecule has 2 unspecified atom stereocenters. The summed E-state index contributed by atoms with van der Waals surface area (Å²) >= 11 is 0. The Morgan fingerprint density at radius 3 is 2.53 bits per heavy atom. The Kier molecular flexibility index (Phi) is 7.27. The van der Waals surface area contributed by atoms with E-state index in [2.05, 4.69) is 29.4 Å². The molecule has 0 aliphatic heterocycles. The average molecular weight is 433 g/mol. The van der Waals surface area contributed by atoms with Gasteiger partial charge in [0.05, 0.1) is 5.56 Å². The second kappa shape index (κ2) is 10.3. The fourth-order valence-electron chi connectivity index (χ4n) is 4.87. The van der Waals surface area contributed by atoms with Crippen LogP contribution < -0.4 is 10.6 Å². The third-order valence-corrected chi connectivity index (χ3v) is 6.83. The number of benzene rings is 2. The average Bonchev–Trinajstić information content (AvgIpc) is 3.55. The molecular weight excluding hydrogens is 399 g/mol. The van der Waals surface area contributed by atoms with E-state index in [9.17, 15) is 9.18 Å². The zero-order chi connectivity index (χ0) is 22.4. The minimum atomic E-state index is -0.325. The number of hydrogen-bond acceptors (Lipinski definition) is 2. The standard InChI is InChI=1S/C28H33FN2O/c1-2-8-24-19-26(24)31-28(17-6-3-7-18-28)20-30-27(32)23-15-12-21(13-16-23)11-14-22-9-4-5-10-25(22)29/h4-5,9-10,12-13,15-16,24,26,31H,2-3,6-8,17-20H2,1H3,(H,30,32). The largest absolute Gasteiger partial charge is 0.350 e. The molecule has 0 aromatic heterocycles. The number of carbonyl (C=O) groups is 1. The van der Waals surface area contributed by atoms with Crippen molar-refractivity contribution in [3.8, 4) is 11.8 Å². The highest BCUT2D eigenvalue weighted by Gasteiger charge is 2.43. The van der Waals surface area contributed by atoms with E-state index in [1.807, 2.05) is 12.1 Å². The van der Waals surface area contributed by atoms with Gasteiger partial charge in [-0.1, -0.05) is 56.6 Å². The topological polar surface area (TPSA) is 41.1 Å². The van der Waals surface area contributed by atoms with Crippen molar-refractivity contribution in [3.05, 3.63) is 71.0 Å². The molecule has 32 heavy (non-hydrogen) atoms. The van der Waals surface area contributed by atoms with E-state index in [4.69, 9.17) is 0 Å². The SMILES string of the molecule is CCCC1CC1NC1(CNC(=O)c2ccc(C#Cc3ccccc3F)cc2)CCCCC1. The lowest BCUT2D eigenvalue weighted by Crippen LogP contribution is -2.55. The molecule has 2 aromatic rings. The third-order valence-electron chi connectivity index (χ3n) is 6.83. The predicted octanol–water partition coefficient (Wildman–Crippen LogP) is 5.44. The lowest BCUT2D eigenvalue weighted by molar-refractivity contribution is 0.0927. The first kappa shape index (κ1) is 22.6. The normalized spacial score (nSPS) is 21.3. The summed E-state index contributed by atoms with van der Waals surface area (Å²) in [5.41, 5.74) is 1.79. The molecule has 0 saturated heterocycles. The van der Waals surface area contributed by atoms with Crippen LogP contribution in [-0.4, -0.2) is 24.0 Å². The zero-order valence-corrected chi connectivity index (χ0v) is 18.9. The van der Waals surface area contributed by atoms with Gasteiger partial charge in [-0.25, -0.2) is 4.39 Å². The van der Waals surface area contributed by atoms with E-state index in [1.165, 1.54) is 44.6 Å². The summed E-state index contributed by atoms with van der Waals surface area (Å²) < 4.78 is 13.7. The van der Waals surface area contributed by atoms with Gasteiger partial charge in [-0.2, -0.15) is 0 Å². The Morgan fingerprint density at radius 2 is 1.81 bits per heavy atom. The van der Waals surface area contributed by atoms with Crippen LogP contribution in [0.25, 0.3) is 0 Å². The summed E-state index contributed by atoms with van der Waals surface area (Å²) in [5, 5.41) is 7.12. The molecule has 168 valence electrons. The number of amides is 1. The van der Waals surface area contributed by atoms with Crippen molar-refractivity contribution in [1.29, 1.82) is 0 Å². The van der Waals surface area contributed by atoms with Gasteiger partial charge in [0, 0.05) is 29.3 Å². The lowest BCUT2D eigenvalue weighted by atomic mass is 9.81. The van der Waals surface area contributed by atoms with Crippen molar-refractivity contribution in [2.45, 2.75) is 69.9 Å². The van der Waals surface area contributed by atoms with E-state index < -0.39 is 0 Å². The summed E-state index contributed by atoms with van der Waals surface area (Å²) in [7, 11) is 0. The number of halogens is 1. The van der Waals surface area contributed by atoms with Gasteiger partial charge in [-0.3, -0.25) is 4.79 Å². The summed E-state index contributed by atoms with van der Waals surface area (Å²) in [4.78, 5) is 12.8. The van der Waals surface area contributed by atoms with Gasteiger partial charge < -0.3 is 10.6 Å². The predicted molar refractivity (Wildman–Crippen MR) is 127 cm³/mol. The molecule has 2 aliphatic rings. The molecule has 4 rings (SSSR count). The summed E-state index contributed by atoms with van der Waals surface area (Å²) in [6, 6.07) is 14.3. The van der Waals surface area contributed by atoms with E-state index in [0.29, 0.717) is 23.7 Å². The van der Waals surface area contributed by atoms with E-state index in [0.717, 1.165) is 24.3 Å².